The second-order valence-corrected chi connectivity index (χ2v) is 7.19. The van der Waals surface area contributed by atoms with Crippen molar-refractivity contribution >= 4 is 17.2 Å². The van der Waals surface area contributed by atoms with Crippen LogP contribution >= 0.6 is 11.3 Å². The summed E-state index contributed by atoms with van der Waals surface area (Å²) in [5, 5.41) is 3.18. The minimum atomic E-state index is 0.227. The van der Waals surface area contributed by atoms with E-state index in [0.717, 1.165) is 55.3 Å². The van der Waals surface area contributed by atoms with Gasteiger partial charge in [-0.25, -0.2) is 4.98 Å². The minimum absolute atomic E-state index is 0.227. The lowest BCUT2D eigenvalue weighted by molar-refractivity contribution is -0.131. The molecule has 0 unspecified atom stereocenters. The number of nitrogens with zero attached hydrogens (tertiary/aromatic N) is 2. The molecule has 2 aliphatic rings. The number of amides is 1. The van der Waals surface area contributed by atoms with Crippen LogP contribution < -0.4 is 4.74 Å². The van der Waals surface area contributed by atoms with Crippen LogP contribution in [0.15, 0.2) is 29.8 Å². The van der Waals surface area contributed by atoms with Gasteiger partial charge in [0.25, 0.3) is 0 Å². The summed E-state index contributed by atoms with van der Waals surface area (Å²) >= 11 is 1.70. The highest BCUT2D eigenvalue weighted by Gasteiger charge is 2.26. The Hall–Kier alpha value is -1.88. The van der Waals surface area contributed by atoms with E-state index in [-0.39, 0.29) is 5.91 Å². The molecule has 1 saturated heterocycles. The largest absolute Gasteiger partial charge is 0.493 e. The number of benzene rings is 1. The molecule has 0 radical (unpaired) electrons. The van der Waals surface area contributed by atoms with Gasteiger partial charge in [0.05, 0.1) is 18.0 Å². The lowest BCUT2D eigenvalue weighted by Crippen LogP contribution is -2.39. The molecular formula is C18H20N2O2S. The Bertz CT molecular complexity index is 699. The smallest absolute Gasteiger partial charge is 0.227 e. The molecule has 0 aliphatic carbocycles. The summed E-state index contributed by atoms with van der Waals surface area (Å²) in [6, 6.07) is 6.15. The van der Waals surface area contributed by atoms with Gasteiger partial charge in [-0.15, -0.1) is 11.3 Å². The third-order valence-electron chi connectivity index (χ3n) is 4.68. The number of carbonyl (C=O) groups excluding carboxylic acids is 1. The molecule has 2 aromatic rings. The summed E-state index contributed by atoms with van der Waals surface area (Å²) in [5.41, 5.74) is 2.32. The van der Waals surface area contributed by atoms with E-state index in [4.69, 9.17) is 4.74 Å². The van der Waals surface area contributed by atoms with Crippen LogP contribution in [-0.4, -0.2) is 35.5 Å². The van der Waals surface area contributed by atoms with Crippen LogP contribution in [0, 0.1) is 0 Å². The van der Waals surface area contributed by atoms with Gasteiger partial charge in [-0.3, -0.25) is 4.79 Å². The Morgan fingerprint density at radius 3 is 3.26 bits per heavy atom. The molecule has 4 nitrogen and oxygen atoms in total. The van der Waals surface area contributed by atoms with Crippen molar-refractivity contribution in [2.24, 2.45) is 0 Å². The van der Waals surface area contributed by atoms with Crippen LogP contribution in [0.5, 0.6) is 5.75 Å². The SMILES string of the molecule is O=C(Cc1ccc2c(c1)CCO2)N1CCC[C@H](c2nccs2)C1. The molecule has 1 aromatic carbocycles. The van der Waals surface area contributed by atoms with Gasteiger partial charge in [0, 0.05) is 37.0 Å². The Morgan fingerprint density at radius 2 is 2.39 bits per heavy atom. The zero-order chi connectivity index (χ0) is 15.6. The number of piperidine rings is 1. The number of fused-ring (bicyclic) bond motifs is 1. The number of thiazole rings is 1. The molecule has 1 atom stereocenters. The van der Waals surface area contributed by atoms with Crippen molar-refractivity contribution in [3.05, 3.63) is 45.9 Å². The number of hydrogen-bond donors (Lipinski definition) is 0. The first-order valence-electron chi connectivity index (χ1n) is 8.21. The van der Waals surface area contributed by atoms with Crippen LogP contribution in [-0.2, 0) is 17.6 Å². The zero-order valence-electron chi connectivity index (χ0n) is 13.0. The average molecular weight is 328 g/mol. The Kier molecular flexibility index (Phi) is 4.04. The molecule has 3 heterocycles. The van der Waals surface area contributed by atoms with Gasteiger partial charge >= 0.3 is 0 Å². The first-order valence-corrected chi connectivity index (χ1v) is 9.09. The van der Waals surface area contributed by atoms with Gasteiger partial charge in [0.1, 0.15) is 5.75 Å². The number of likely N-dealkylation sites (tertiary alicyclic amines) is 1. The standard InChI is InChI=1S/C18H20N2O2S/c21-17(11-13-3-4-16-14(10-13)5-8-22-16)20-7-1-2-15(12-20)18-19-6-9-23-18/h3-4,6,9-10,15H,1-2,5,7-8,11-12H2/t15-/m0/s1. The Labute approximate surface area is 140 Å². The summed E-state index contributed by atoms with van der Waals surface area (Å²) in [5.74, 6) is 1.61. The van der Waals surface area contributed by atoms with Gasteiger partial charge in [0.2, 0.25) is 5.91 Å². The summed E-state index contributed by atoms with van der Waals surface area (Å²) in [4.78, 5) is 19.1. The van der Waals surface area contributed by atoms with E-state index in [1.807, 2.05) is 28.6 Å². The highest BCUT2D eigenvalue weighted by molar-refractivity contribution is 7.09. The number of rotatable bonds is 3. The summed E-state index contributed by atoms with van der Waals surface area (Å²) in [7, 11) is 0. The first kappa shape index (κ1) is 14.7. The fourth-order valence-corrected chi connectivity index (χ4v) is 4.25. The van der Waals surface area contributed by atoms with E-state index in [9.17, 15) is 4.79 Å². The maximum Gasteiger partial charge on any atom is 0.227 e. The van der Waals surface area contributed by atoms with Crippen LogP contribution in [0.2, 0.25) is 0 Å². The Morgan fingerprint density at radius 1 is 1.43 bits per heavy atom. The van der Waals surface area contributed by atoms with Crippen LogP contribution in [0.25, 0.3) is 0 Å². The quantitative estimate of drug-likeness (QED) is 0.870. The number of aromatic nitrogens is 1. The van der Waals surface area contributed by atoms with Crippen LogP contribution in [0.1, 0.15) is 34.9 Å². The van der Waals surface area contributed by atoms with Crippen molar-refractivity contribution in [3.63, 3.8) is 0 Å². The molecule has 0 spiro atoms. The summed E-state index contributed by atoms with van der Waals surface area (Å²) in [6.45, 7) is 2.43. The van der Waals surface area contributed by atoms with Crippen molar-refractivity contribution in [3.8, 4) is 5.75 Å². The van der Waals surface area contributed by atoms with Crippen molar-refractivity contribution in [2.45, 2.75) is 31.6 Å². The van der Waals surface area contributed by atoms with E-state index in [1.54, 1.807) is 11.3 Å². The van der Waals surface area contributed by atoms with Crippen molar-refractivity contribution in [1.29, 1.82) is 0 Å². The predicted molar refractivity (Wildman–Crippen MR) is 90.0 cm³/mol. The minimum Gasteiger partial charge on any atom is -0.493 e. The van der Waals surface area contributed by atoms with Gasteiger partial charge in [-0.1, -0.05) is 12.1 Å². The lowest BCUT2D eigenvalue weighted by Gasteiger charge is -2.32. The van der Waals surface area contributed by atoms with Crippen molar-refractivity contribution in [2.75, 3.05) is 19.7 Å². The maximum atomic E-state index is 12.7. The van der Waals surface area contributed by atoms with Gasteiger partial charge in [0.15, 0.2) is 0 Å². The molecule has 1 amide bonds. The number of hydrogen-bond acceptors (Lipinski definition) is 4. The topological polar surface area (TPSA) is 42.4 Å². The Balaban J connectivity index is 1.42. The van der Waals surface area contributed by atoms with Gasteiger partial charge in [-0.05, 0) is 30.0 Å². The van der Waals surface area contributed by atoms with Crippen LogP contribution in [0.3, 0.4) is 0 Å². The molecule has 0 N–H and O–H groups in total. The fraction of sp³-hybridized carbons (Fsp3) is 0.444. The zero-order valence-corrected chi connectivity index (χ0v) is 13.8. The molecule has 4 rings (SSSR count). The molecular weight excluding hydrogens is 308 g/mol. The van der Waals surface area contributed by atoms with E-state index in [0.29, 0.717) is 12.3 Å². The number of ether oxygens (including phenoxy) is 1. The normalized spacial score (nSPS) is 20.2. The first-order chi connectivity index (χ1) is 11.3. The third kappa shape index (κ3) is 3.11. The van der Waals surface area contributed by atoms with E-state index < -0.39 is 0 Å². The highest BCUT2D eigenvalue weighted by Crippen LogP contribution is 2.29. The third-order valence-corrected chi connectivity index (χ3v) is 5.62. The molecule has 1 aromatic heterocycles. The van der Waals surface area contributed by atoms with Crippen molar-refractivity contribution < 1.29 is 9.53 Å². The van der Waals surface area contributed by atoms with Crippen molar-refractivity contribution in [1.82, 2.24) is 9.88 Å². The van der Waals surface area contributed by atoms with Gasteiger partial charge < -0.3 is 9.64 Å². The molecule has 2 aliphatic heterocycles. The summed E-state index contributed by atoms with van der Waals surface area (Å²) in [6.07, 6.45) is 5.49. The fourth-order valence-electron chi connectivity index (χ4n) is 3.48. The molecule has 0 bridgehead atoms. The molecule has 120 valence electrons. The van der Waals surface area contributed by atoms with E-state index >= 15 is 0 Å². The molecule has 1 fully saturated rings. The molecule has 0 saturated carbocycles. The average Bonchev–Trinajstić information content (AvgIpc) is 3.26. The van der Waals surface area contributed by atoms with E-state index in [1.165, 1.54) is 5.56 Å². The van der Waals surface area contributed by atoms with Gasteiger partial charge in [-0.2, -0.15) is 0 Å². The maximum absolute atomic E-state index is 12.7. The molecule has 5 heteroatoms. The molecule has 23 heavy (non-hydrogen) atoms. The second-order valence-electron chi connectivity index (χ2n) is 6.27. The van der Waals surface area contributed by atoms with Crippen LogP contribution in [0.4, 0.5) is 0 Å². The monoisotopic (exact) mass is 328 g/mol. The number of carbonyl (C=O) groups is 1. The summed E-state index contributed by atoms with van der Waals surface area (Å²) < 4.78 is 5.53. The predicted octanol–water partition coefficient (Wildman–Crippen LogP) is 3.03. The van der Waals surface area contributed by atoms with E-state index in [2.05, 4.69) is 11.1 Å². The highest BCUT2D eigenvalue weighted by atomic mass is 32.1. The second kappa shape index (κ2) is 6.32. The lowest BCUT2D eigenvalue weighted by atomic mass is 9.98.